The summed E-state index contributed by atoms with van der Waals surface area (Å²) in [5.41, 5.74) is 0.569. The molecule has 100 valence electrons. The fraction of sp³-hybridized carbons (Fsp3) is 0.286. The summed E-state index contributed by atoms with van der Waals surface area (Å²) in [6.07, 6.45) is 0.0764. The van der Waals surface area contributed by atoms with Crippen LogP contribution in [0.15, 0.2) is 33.5 Å². The van der Waals surface area contributed by atoms with Crippen molar-refractivity contribution < 1.29 is 13.9 Å². The number of carbonyl (C=O) groups is 1. The molecule has 0 bridgehead atoms. The molecule has 5 heteroatoms. The Kier molecular flexibility index (Phi) is 3.90. The maximum atomic E-state index is 11.6. The van der Waals surface area contributed by atoms with Gasteiger partial charge < -0.3 is 9.15 Å². The van der Waals surface area contributed by atoms with Gasteiger partial charge >= 0.3 is 11.6 Å². The molecule has 1 aromatic carbocycles. The molecule has 0 fully saturated rings. The molecule has 1 aromatic heterocycles. The lowest BCUT2D eigenvalue weighted by atomic mass is 10.0. The Hall–Kier alpha value is -1.81. The van der Waals surface area contributed by atoms with Crippen molar-refractivity contribution in [3.05, 3.63) is 45.3 Å². The summed E-state index contributed by atoms with van der Waals surface area (Å²) in [6.45, 7) is 3.21. The Morgan fingerprint density at radius 2 is 2.16 bits per heavy atom. The van der Waals surface area contributed by atoms with Gasteiger partial charge in [-0.05, 0) is 24.6 Å². The normalized spacial score (nSPS) is 12.4. The zero-order chi connectivity index (χ0) is 14.0. The summed E-state index contributed by atoms with van der Waals surface area (Å²) < 4.78 is 10.3. The third-order valence-electron chi connectivity index (χ3n) is 2.76. The van der Waals surface area contributed by atoms with Crippen LogP contribution in [0.1, 0.15) is 31.9 Å². The second-order valence-corrected chi connectivity index (χ2v) is 4.60. The highest BCUT2D eigenvalue weighted by Gasteiger charge is 2.17. The number of benzene rings is 1. The molecule has 1 atom stereocenters. The van der Waals surface area contributed by atoms with Gasteiger partial charge in [-0.1, -0.05) is 18.5 Å². The van der Waals surface area contributed by atoms with E-state index in [2.05, 4.69) is 0 Å². The molecule has 19 heavy (non-hydrogen) atoms. The molecule has 0 spiro atoms. The third-order valence-corrected chi connectivity index (χ3v) is 3.00. The molecule has 2 aromatic rings. The topological polar surface area (TPSA) is 56.5 Å². The fourth-order valence-electron chi connectivity index (χ4n) is 1.99. The van der Waals surface area contributed by atoms with Crippen LogP contribution < -0.4 is 5.63 Å². The molecule has 4 nitrogen and oxygen atoms in total. The highest BCUT2D eigenvalue weighted by atomic mass is 35.5. The largest absolute Gasteiger partial charge is 0.458 e. The molecule has 0 saturated heterocycles. The van der Waals surface area contributed by atoms with E-state index in [1.165, 1.54) is 13.0 Å². The molecular formula is C14H13ClO4. The number of ether oxygens (including phenoxy) is 1. The van der Waals surface area contributed by atoms with Crippen molar-refractivity contribution in [2.45, 2.75) is 26.4 Å². The van der Waals surface area contributed by atoms with Crippen LogP contribution in [-0.4, -0.2) is 5.97 Å². The highest BCUT2D eigenvalue weighted by Crippen LogP contribution is 2.29. The third kappa shape index (κ3) is 2.96. The standard InChI is InChI=1S/C14H13ClO4/c1-3-12(18-8(2)16)11-7-14(17)19-13-5-4-9(15)6-10(11)13/h4-7,12H,3H2,1-2H3. The first-order valence-electron chi connectivity index (χ1n) is 5.91. The predicted molar refractivity (Wildman–Crippen MR) is 72.3 cm³/mol. The van der Waals surface area contributed by atoms with Crippen LogP contribution in [0.2, 0.25) is 5.02 Å². The summed E-state index contributed by atoms with van der Waals surface area (Å²) >= 11 is 5.96. The molecular weight excluding hydrogens is 268 g/mol. The minimum Gasteiger partial charge on any atom is -0.458 e. The lowest BCUT2D eigenvalue weighted by molar-refractivity contribution is -0.146. The Morgan fingerprint density at radius 1 is 1.42 bits per heavy atom. The summed E-state index contributed by atoms with van der Waals surface area (Å²) in [6, 6.07) is 6.31. The van der Waals surface area contributed by atoms with Crippen LogP contribution >= 0.6 is 11.6 Å². The first-order valence-corrected chi connectivity index (χ1v) is 6.29. The summed E-state index contributed by atoms with van der Waals surface area (Å²) in [4.78, 5) is 22.7. The van der Waals surface area contributed by atoms with Gasteiger partial charge in [0.15, 0.2) is 0 Å². The number of fused-ring (bicyclic) bond motifs is 1. The van der Waals surface area contributed by atoms with Crippen LogP contribution in [0, 0.1) is 0 Å². The van der Waals surface area contributed by atoms with Gasteiger partial charge in [0.05, 0.1) is 0 Å². The minimum absolute atomic E-state index is 0.393. The smallest absolute Gasteiger partial charge is 0.336 e. The van der Waals surface area contributed by atoms with Gasteiger partial charge in [0.2, 0.25) is 0 Å². The second kappa shape index (κ2) is 5.45. The van der Waals surface area contributed by atoms with Crippen LogP contribution in [-0.2, 0) is 9.53 Å². The average molecular weight is 281 g/mol. The Balaban J connectivity index is 2.66. The number of hydrogen-bond donors (Lipinski definition) is 0. The number of esters is 1. The molecule has 0 radical (unpaired) electrons. The number of hydrogen-bond acceptors (Lipinski definition) is 4. The van der Waals surface area contributed by atoms with Crippen LogP contribution in [0.25, 0.3) is 11.0 Å². The van der Waals surface area contributed by atoms with Gasteiger partial charge in [-0.15, -0.1) is 0 Å². The van der Waals surface area contributed by atoms with Crippen molar-refractivity contribution >= 4 is 28.5 Å². The molecule has 1 heterocycles. The summed E-state index contributed by atoms with van der Waals surface area (Å²) in [5, 5.41) is 1.21. The first-order chi connectivity index (χ1) is 9.01. The number of rotatable bonds is 3. The van der Waals surface area contributed by atoms with E-state index in [1.54, 1.807) is 18.2 Å². The molecule has 0 aliphatic heterocycles. The molecule has 0 aliphatic rings. The Labute approximate surface area is 114 Å². The molecule has 0 amide bonds. The van der Waals surface area contributed by atoms with Crippen molar-refractivity contribution in [3.63, 3.8) is 0 Å². The lowest BCUT2D eigenvalue weighted by Gasteiger charge is -2.16. The zero-order valence-corrected chi connectivity index (χ0v) is 11.4. The van der Waals surface area contributed by atoms with Crippen molar-refractivity contribution in [2.75, 3.05) is 0 Å². The van der Waals surface area contributed by atoms with Gasteiger partial charge in [-0.3, -0.25) is 4.79 Å². The van der Waals surface area contributed by atoms with E-state index in [-0.39, 0.29) is 0 Å². The highest BCUT2D eigenvalue weighted by molar-refractivity contribution is 6.31. The van der Waals surface area contributed by atoms with E-state index >= 15 is 0 Å². The maximum Gasteiger partial charge on any atom is 0.336 e. The molecule has 1 unspecified atom stereocenters. The summed E-state index contributed by atoms with van der Waals surface area (Å²) in [7, 11) is 0. The number of halogens is 1. The SMILES string of the molecule is CCC(OC(C)=O)c1cc(=O)oc2ccc(Cl)cc12. The van der Waals surface area contributed by atoms with Crippen molar-refractivity contribution in [1.82, 2.24) is 0 Å². The van der Waals surface area contributed by atoms with Gasteiger partial charge in [0, 0.05) is 29.0 Å². The van der Waals surface area contributed by atoms with Gasteiger partial charge in [-0.25, -0.2) is 4.79 Å². The van der Waals surface area contributed by atoms with E-state index < -0.39 is 17.7 Å². The van der Waals surface area contributed by atoms with Crippen molar-refractivity contribution in [2.24, 2.45) is 0 Å². The van der Waals surface area contributed by atoms with Crippen LogP contribution in [0.3, 0.4) is 0 Å². The van der Waals surface area contributed by atoms with Gasteiger partial charge in [-0.2, -0.15) is 0 Å². The van der Waals surface area contributed by atoms with E-state index in [1.807, 2.05) is 6.92 Å². The first kappa shape index (κ1) is 13.6. The van der Waals surface area contributed by atoms with E-state index in [4.69, 9.17) is 20.8 Å². The van der Waals surface area contributed by atoms with Crippen molar-refractivity contribution in [1.29, 1.82) is 0 Å². The van der Waals surface area contributed by atoms with E-state index in [0.717, 1.165) is 0 Å². The Morgan fingerprint density at radius 3 is 2.79 bits per heavy atom. The number of carbonyl (C=O) groups excluding carboxylic acids is 1. The lowest BCUT2D eigenvalue weighted by Crippen LogP contribution is -2.11. The Bertz CT molecular complexity index is 675. The monoisotopic (exact) mass is 280 g/mol. The fourth-order valence-corrected chi connectivity index (χ4v) is 2.16. The maximum absolute atomic E-state index is 11.6. The van der Waals surface area contributed by atoms with Crippen molar-refractivity contribution in [3.8, 4) is 0 Å². The molecule has 0 N–H and O–H groups in total. The molecule has 0 aliphatic carbocycles. The van der Waals surface area contributed by atoms with Crippen LogP contribution in [0.4, 0.5) is 0 Å². The molecule has 0 saturated carbocycles. The van der Waals surface area contributed by atoms with E-state index in [0.29, 0.717) is 28.0 Å². The van der Waals surface area contributed by atoms with Gasteiger partial charge in [0.25, 0.3) is 0 Å². The zero-order valence-electron chi connectivity index (χ0n) is 10.6. The molecule has 2 rings (SSSR count). The predicted octanol–water partition coefficient (Wildman–Crippen LogP) is 3.46. The van der Waals surface area contributed by atoms with Gasteiger partial charge in [0.1, 0.15) is 11.7 Å². The summed E-state index contributed by atoms with van der Waals surface area (Å²) in [5.74, 6) is -0.393. The quantitative estimate of drug-likeness (QED) is 0.638. The average Bonchev–Trinajstić information content (AvgIpc) is 2.35. The van der Waals surface area contributed by atoms with E-state index in [9.17, 15) is 9.59 Å². The minimum atomic E-state index is -0.484. The second-order valence-electron chi connectivity index (χ2n) is 4.17. The van der Waals surface area contributed by atoms with Crippen LogP contribution in [0.5, 0.6) is 0 Å².